The summed E-state index contributed by atoms with van der Waals surface area (Å²) in [5.41, 5.74) is 7.07. The molecule has 1 atom stereocenters. The fraction of sp³-hybridized carbons (Fsp3) is 0.727. The largest absolute Gasteiger partial charge is 0.384 e. The number of nitrogens with two attached hydrogens (primary N) is 1. The Hall–Kier alpha value is -1.03. The standard InChI is InChI=1S/C11H20N4/c1-11(2,3)15-10(12)6-9(14-15)8-4-5-13-7-8/h6,8,13H,4-5,7,12H2,1-3H3. The van der Waals surface area contributed by atoms with Crippen LogP contribution in [0.3, 0.4) is 0 Å². The maximum atomic E-state index is 5.98. The van der Waals surface area contributed by atoms with E-state index in [4.69, 9.17) is 5.73 Å². The molecule has 1 saturated heterocycles. The van der Waals surface area contributed by atoms with E-state index in [9.17, 15) is 0 Å². The van der Waals surface area contributed by atoms with E-state index >= 15 is 0 Å². The molecular formula is C11H20N4. The van der Waals surface area contributed by atoms with Crippen LogP contribution >= 0.6 is 0 Å². The van der Waals surface area contributed by atoms with Gasteiger partial charge >= 0.3 is 0 Å². The third-order valence-electron chi connectivity index (χ3n) is 2.87. The molecular weight excluding hydrogens is 188 g/mol. The van der Waals surface area contributed by atoms with E-state index in [1.54, 1.807) is 0 Å². The second-order valence-corrected chi connectivity index (χ2v) is 5.27. The maximum Gasteiger partial charge on any atom is 0.122 e. The lowest BCUT2D eigenvalue weighted by Gasteiger charge is -2.20. The summed E-state index contributed by atoms with van der Waals surface area (Å²) in [5.74, 6) is 1.31. The lowest BCUT2D eigenvalue weighted by molar-refractivity contribution is 0.357. The number of anilines is 1. The normalized spacial score (nSPS) is 22.2. The lowest BCUT2D eigenvalue weighted by Crippen LogP contribution is -2.25. The molecule has 0 saturated carbocycles. The molecule has 1 aromatic rings. The predicted octanol–water partition coefficient (Wildman–Crippen LogP) is 1.30. The van der Waals surface area contributed by atoms with Crippen molar-refractivity contribution in [3.63, 3.8) is 0 Å². The van der Waals surface area contributed by atoms with Gasteiger partial charge in [-0.15, -0.1) is 0 Å². The molecule has 1 fully saturated rings. The van der Waals surface area contributed by atoms with Crippen LogP contribution in [0.4, 0.5) is 5.82 Å². The van der Waals surface area contributed by atoms with E-state index < -0.39 is 0 Å². The number of nitrogens with one attached hydrogen (secondary N) is 1. The Balaban J connectivity index is 2.28. The van der Waals surface area contributed by atoms with Crippen LogP contribution in [0, 0.1) is 0 Å². The fourth-order valence-corrected chi connectivity index (χ4v) is 2.06. The van der Waals surface area contributed by atoms with Gasteiger partial charge in [-0.05, 0) is 33.7 Å². The summed E-state index contributed by atoms with van der Waals surface area (Å²) in [6.07, 6.45) is 1.17. The molecule has 1 unspecified atom stereocenters. The van der Waals surface area contributed by atoms with Gasteiger partial charge in [-0.25, -0.2) is 4.68 Å². The van der Waals surface area contributed by atoms with Gasteiger partial charge in [0.2, 0.25) is 0 Å². The topological polar surface area (TPSA) is 55.9 Å². The monoisotopic (exact) mass is 208 g/mol. The maximum absolute atomic E-state index is 5.98. The minimum atomic E-state index is -0.0334. The molecule has 2 rings (SSSR count). The van der Waals surface area contributed by atoms with E-state index in [0.29, 0.717) is 5.92 Å². The molecule has 4 nitrogen and oxygen atoms in total. The van der Waals surface area contributed by atoms with Crippen molar-refractivity contribution in [3.05, 3.63) is 11.8 Å². The quantitative estimate of drug-likeness (QED) is 0.731. The van der Waals surface area contributed by atoms with Crippen molar-refractivity contribution in [1.82, 2.24) is 15.1 Å². The van der Waals surface area contributed by atoms with Crippen molar-refractivity contribution in [2.45, 2.75) is 38.6 Å². The number of hydrogen-bond acceptors (Lipinski definition) is 3. The van der Waals surface area contributed by atoms with E-state index in [1.165, 1.54) is 6.42 Å². The van der Waals surface area contributed by atoms with Crippen LogP contribution in [0.1, 0.15) is 38.8 Å². The number of aromatic nitrogens is 2. The van der Waals surface area contributed by atoms with Gasteiger partial charge in [0.25, 0.3) is 0 Å². The second kappa shape index (κ2) is 3.52. The third-order valence-corrected chi connectivity index (χ3v) is 2.87. The molecule has 3 N–H and O–H groups in total. The zero-order valence-corrected chi connectivity index (χ0v) is 9.75. The molecule has 0 spiro atoms. The Bertz CT molecular complexity index is 342. The zero-order chi connectivity index (χ0) is 11.1. The summed E-state index contributed by atoms with van der Waals surface area (Å²) < 4.78 is 1.92. The second-order valence-electron chi connectivity index (χ2n) is 5.27. The zero-order valence-electron chi connectivity index (χ0n) is 9.75. The van der Waals surface area contributed by atoms with Gasteiger partial charge in [0, 0.05) is 18.5 Å². The van der Waals surface area contributed by atoms with E-state index in [2.05, 4.69) is 31.2 Å². The van der Waals surface area contributed by atoms with Crippen LogP contribution in [-0.4, -0.2) is 22.9 Å². The highest BCUT2D eigenvalue weighted by Crippen LogP contribution is 2.26. The Morgan fingerprint density at radius 1 is 1.53 bits per heavy atom. The molecule has 1 aliphatic rings. The molecule has 2 heterocycles. The van der Waals surface area contributed by atoms with E-state index in [-0.39, 0.29) is 5.54 Å². The summed E-state index contributed by atoms with van der Waals surface area (Å²) in [7, 11) is 0. The van der Waals surface area contributed by atoms with Gasteiger partial charge in [0.1, 0.15) is 5.82 Å². The van der Waals surface area contributed by atoms with Crippen molar-refractivity contribution in [3.8, 4) is 0 Å². The van der Waals surface area contributed by atoms with Gasteiger partial charge < -0.3 is 11.1 Å². The third kappa shape index (κ3) is 2.00. The Labute approximate surface area is 90.8 Å². The Morgan fingerprint density at radius 3 is 2.73 bits per heavy atom. The minimum Gasteiger partial charge on any atom is -0.384 e. The predicted molar refractivity (Wildman–Crippen MR) is 61.9 cm³/mol. The molecule has 15 heavy (non-hydrogen) atoms. The Kier molecular flexibility index (Phi) is 2.46. The SMILES string of the molecule is CC(C)(C)n1nc(C2CCNC2)cc1N. The highest BCUT2D eigenvalue weighted by Gasteiger charge is 2.23. The average molecular weight is 208 g/mol. The summed E-state index contributed by atoms with van der Waals surface area (Å²) in [6.45, 7) is 8.47. The van der Waals surface area contributed by atoms with Crippen LogP contribution < -0.4 is 11.1 Å². The molecule has 0 amide bonds. The summed E-state index contributed by atoms with van der Waals surface area (Å²) in [6, 6.07) is 2.02. The van der Waals surface area contributed by atoms with Crippen molar-refractivity contribution in [2.24, 2.45) is 0 Å². The van der Waals surface area contributed by atoms with Crippen LogP contribution in [0.5, 0.6) is 0 Å². The molecule has 0 aliphatic carbocycles. The molecule has 0 aromatic carbocycles. The average Bonchev–Trinajstić information content (AvgIpc) is 2.68. The van der Waals surface area contributed by atoms with E-state index in [1.807, 2.05) is 10.7 Å². The van der Waals surface area contributed by atoms with Crippen molar-refractivity contribution < 1.29 is 0 Å². The van der Waals surface area contributed by atoms with Crippen molar-refractivity contribution >= 4 is 5.82 Å². The summed E-state index contributed by atoms with van der Waals surface area (Å²) in [4.78, 5) is 0. The summed E-state index contributed by atoms with van der Waals surface area (Å²) in [5, 5.41) is 7.96. The number of nitrogens with zero attached hydrogens (tertiary/aromatic N) is 2. The van der Waals surface area contributed by atoms with Crippen molar-refractivity contribution in [1.29, 1.82) is 0 Å². The van der Waals surface area contributed by atoms with Gasteiger partial charge in [0.15, 0.2) is 0 Å². The van der Waals surface area contributed by atoms with Gasteiger partial charge in [-0.3, -0.25) is 0 Å². The fourth-order valence-electron chi connectivity index (χ4n) is 2.06. The smallest absolute Gasteiger partial charge is 0.122 e. The number of nitrogen functional groups attached to an aromatic ring is 1. The van der Waals surface area contributed by atoms with Crippen LogP contribution in [0.25, 0.3) is 0 Å². The van der Waals surface area contributed by atoms with Gasteiger partial charge in [-0.1, -0.05) is 0 Å². The van der Waals surface area contributed by atoms with Crippen LogP contribution in [0.15, 0.2) is 6.07 Å². The molecule has 84 valence electrons. The first-order valence-corrected chi connectivity index (χ1v) is 5.55. The molecule has 0 radical (unpaired) electrons. The minimum absolute atomic E-state index is 0.0334. The first-order chi connectivity index (χ1) is 6.98. The molecule has 4 heteroatoms. The summed E-state index contributed by atoms with van der Waals surface area (Å²) >= 11 is 0. The van der Waals surface area contributed by atoms with Gasteiger partial charge in [-0.2, -0.15) is 5.10 Å². The highest BCUT2D eigenvalue weighted by atomic mass is 15.3. The number of rotatable bonds is 1. The molecule has 0 bridgehead atoms. The molecule has 1 aromatic heterocycles. The lowest BCUT2D eigenvalue weighted by atomic mass is 10.1. The highest BCUT2D eigenvalue weighted by molar-refractivity contribution is 5.34. The van der Waals surface area contributed by atoms with Crippen molar-refractivity contribution in [2.75, 3.05) is 18.8 Å². The first-order valence-electron chi connectivity index (χ1n) is 5.55. The Morgan fingerprint density at radius 2 is 2.27 bits per heavy atom. The van der Waals surface area contributed by atoms with Crippen LogP contribution in [0.2, 0.25) is 0 Å². The van der Waals surface area contributed by atoms with E-state index in [0.717, 1.165) is 24.6 Å². The van der Waals surface area contributed by atoms with Crippen LogP contribution in [-0.2, 0) is 5.54 Å². The molecule has 1 aliphatic heterocycles. The first kappa shape index (κ1) is 10.5. The van der Waals surface area contributed by atoms with Gasteiger partial charge in [0.05, 0.1) is 11.2 Å². The number of hydrogen-bond donors (Lipinski definition) is 2.